The average molecular weight is 412 g/mol. The van der Waals surface area contributed by atoms with E-state index in [0.717, 1.165) is 80.4 Å². The number of furan rings is 1. The highest BCUT2D eigenvalue weighted by Gasteiger charge is 2.39. The molecule has 1 N–H and O–H groups in total. The van der Waals surface area contributed by atoms with Crippen LogP contribution >= 0.6 is 0 Å². The number of hydrogen-bond acceptors (Lipinski definition) is 6. The first-order valence-electron chi connectivity index (χ1n) is 10.8. The van der Waals surface area contributed by atoms with Crippen molar-refractivity contribution in [3.05, 3.63) is 46.9 Å². The molecule has 0 bridgehead atoms. The Morgan fingerprint density at radius 1 is 1.10 bits per heavy atom. The lowest BCUT2D eigenvalue weighted by Gasteiger charge is -2.31. The molecule has 30 heavy (non-hydrogen) atoms. The van der Waals surface area contributed by atoms with E-state index in [-0.39, 0.29) is 12.7 Å². The van der Waals surface area contributed by atoms with Crippen LogP contribution in [0, 0.1) is 6.92 Å². The number of rotatable bonds is 5. The van der Waals surface area contributed by atoms with Gasteiger partial charge < -0.3 is 23.9 Å². The number of fused-ring (bicyclic) bond motifs is 1. The van der Waals surface area contributed by atoms with Crippen molar-refractivity contribution in [1.82, 2.24) is 10.2 Å². The predicted octanol–water partition coefficient (Wildman–Crippen LogP) is 3.35. The summed E-state index contributed by atoms with van der Waals surface area (Å²) in [5.41, 5.74) is 1.53. The molecule has 1 saturated heterocycles. The van der Waals surface area contributed by atoms with E-state index in [1.807, 2.05) is 31.2 Å². The number of nitrogens with zero attached hydrogens (tertiary/aromatic N) is 1. The third-order valence-electron chi connectivity index (χ3n) is 6.39. The fourth-order valence-electron chi connectivity index (χ4n) is 4.76. The van der Waals surface area contributed by atoms with Gasteiger partial charge >= 0.3 is 0 Å². The second-order valence-corrected chi connectivity index (χ2v) is 8.42. The molecule has 1 aromatic carbocycles. The molecule has 2 aromatic rings. The Morgan fingerprint density at radius 3 is 2.67 bits per heavy atom. The van der Waals surface area contributed by atoms with Crippen molar-refractivity contribution in [3.63, 3.8) is 0 Å². The van der Waals surface area contributed by atoms with Gasteiger partial charge in [0.1, 0.15) is 5.76 Å². The first-order valence-corrected chi connectivity index (χ1v) is 10.8. The zero-order valence-corrected chi connectivity index (χ0v) is 17.4. The Morgan fingerprint density at radius 2 is 1.87 bits per heavy atom. The summed E-state index contributed by atoms with van der Waals surface area (Å²) >= 11 is 0. The van der Waals surface area contributed by atoms with Crippen LogP contribution in [0.5, 0.6) is 11.5 Å². The maximum absolute atomic E-state index is 13.2. The third kappa shape index (κ3) is 3.68. The lowest BCUT2D eigenvalue weighted by Crippen LogP contribution is -2.43. The molecule has 1 aromatic heterocycles. The van der Waals surface area contributed by atoms with E-state index in [1.54, 1.807) is 0 Å². The molecule has 2 aliphatic heterocycles. The third-order valence-corrected chi connectivity index (χ3v) is 6.39. The molecule has 2 fully saturated rings. The smallest absolute Gasteiger partial charge is 0.287 e. The van der Waals surface area contributed by atoms with E-state index in [4.69, 9.17) is 18.6 Å². The molecule has 0 atom stereocenters. The van der Waals surface area contributed by atoms with E-state index in [2.05, 4.69) is 10.2 Å². The van der Waals surface area contributed by atoms with Gasteiger partial charge in [0.2, 0.25) is 6.79 Å². The quantitative estimate of drug-likeness (QED) is 0.812. The van der Waals surface area contributed by atoms with Crippen LogP contribution in [0.2, 0.25) is 0 Å². The summed E-state index contributed by atoms with van der Waals surface area (Å²) < 4.78 is 22.4. The zero-order valence-electron chi connectivity index (χ0n) is 17.4. The Kier molecular flexibility index (Phi) is 5.16. The molecule has 0 radical (unpaired) electrons. The normalized spacial score (nSPS) is 20.4. The van der Waals surface area contributed by atoms with Crippen LogP contribution in [0.25, 0.3) is 0 Å². The highest BCUT2D eigenvalue weighted by molar-refractivity contribution is 5.93. The molecule has 3 heterocycles. The van der Waals surface area contributed by atoms with Crippen molar-refractivity contribution < 1.29 is 23.4 Å². The molecular weight excluding hydrogens is 384 g/mol. The number of carbonyl (C=O) groups is 1. The van der Waals surface area contributed by atoms with E-state index >= 15 is 0 Å². The lowest BCUT2D eigenvalue weighted by atomic mass is 9.87. The van der Waals surface area contributed by atoms with Crippen molar-refractivity contribution in [2.45, 2.75) is 44.7 Å². The number of carbonyl (C=O) groups excluding carboxylic acids is 1. The summed E-state index contributed by atoms with van der Waals surface area (Å²) in [6.07, 6.45) is 3.96. The van der Waals surface area contributed by atoms with E-state index in [0.29, 0.717) is 12.3 Å². The van der Waals surface area contributed by atoms with E-state index < -0.39 is 5.54 Å². The van der Waals surface area contributed by atoms with Gasteiger partial charge in [0, 0.05) is 18.7 Å². The fraction of sp³-hybridized carbons (Fsp3) is 0.522. The predicted molar refractivity (Wildman–Crippen MR) is 110 cm³/mol. The molecule has 7 nitrogen and oxygen atoms in total. The monoisotopic (exact) mass is 412 g/mol. The lowest BCUT2D eigenvalue weighted by molar-refractivity contribution is 0.0311. The average Bonchev–Trinajstić information content (AvgIpc) is 3.48. The topological polar surface area (TPSA) is 73.2 Å². The van der Waals surface area contributed by atoms with Crippen LogP contribution in [0.4, 0.5) is 0 Å². The van der Waals surface area contributed by atoms with Crippen molar-refractivity contribution in [2.75, 3.05) is 33.1 Å². The van der Waals surface area contributed by atoms with Gasteiger partial charge in [-0.25, -0.2) is 0 Å². The molecule has 0 unspecified atom stereocenters. The minimum Gasteiger partial charge on any atom is -0.454 e. The number of nitrogens with one attached hydrogen (secondary N) is 1. The van der Waals surface area contributed by atoms with Gasteiger partial charge in [0.05, 0.1) is 25.3 Å². The summed E-state index contributed by atoms with van der Waals surface area (Å²) in [4.78, 5) is 15.5. The van der Waals surface area contributed by atoms with Crippen molar-refractivity contribution >= 4 is 5.91 Å². The van der Waals surface area contributed by atoms with Gasteiger partial charge in [-0.15, -0.1) is 0 Å². The standard InChI is InChI=1S/C23H28N2O5/c1-16-12-18(14-25-8-10-27-11-9-25)30-21(16)22(26)24-23(6-2-3-7-23)17-4-5-19-20(13-17)29-15-28-19/h4-5,12-13H,2-3,6-11,14-15H2,1H3,(H,24,26). The molecule has 7 heteroatoms. The number of aryl methyl sites for hydroxylation is 1. The van der Waals surface area contributed by atoms with Gasteiger partial charge in [-0.2, -0.15) is 0 Å². The fourth-order valence-corrected chi connectivity index (χ4v) is 4.76. The maximum atomic E-state index is 13.2. The number of amides is 1. The minimum atomic E-state index is -0.401. The zero-order chi connectivity index (χ0) is 20.6. The van der Waals surface area contributed by atoms with Crippen LogP contribution in [-0.2, 0) is 16.8 Å². The molecular formula is C23H28N2O5. The number of ether oxygens (including phenoxy) is 3. The largest absolute Gasteiger partial charge is 0.454 e. The van der Waals surface area contributed by atoms with Crippen LogP contribution in [-0.4, -0.2) is 43.9 Å². The summed E-state index contributed by atoms with van der Waals surface area (Å²) in [6.45, 7) is 6.13. The molecule has 1 amide bonds. The highest BCUT2D eigenvalue weighted by Crippen LogP contribution is 2.43. The van der Waals surface area contributed by atoms with Crippen LogP contribution < -0.4 is 14.8 Å². The molecule has 5 rings (SSSR count). The Labute approximate surface area is 176 Å². The summed E-state index contributed by atoms with van der Waals surface area (Å²) in [5.74, 6) is 2.58. The molecule has 0 spiro atoms. The second kappa shape index (κ2) is 7.96. The second-order valence-electron chi connectivity index (χ2n) is 8.42. The minimum absolute atomic E-state index is 0.153. The van der Waals surface area contributed by atoms with Gasteiger partial charge in [0.25, 0.3) is 5.91 Å². The van der Waals surface area contributed by atoms with Crippen molar-refractivity contribution in [3.8, 4) is 11.5 Å². The number of morpholine rings is 1. The molecule has 160 valence electrons. The van der Waals surface area contributed by atoms with Crippen LogP contribution in [0.3, 0.4) is 0 Å². The first kappa shape index (κ1) is 19.5. The van der Waals surface area contributed by atoms with Crippen LogP contribution in [0.1, 0.15) is 53.1 Å². The van der Waals surface area contributed by atoms with E-state index in [9.17, 15) is 4.79 Å². The van der Waals surface area contributed by atoms with Crippen molar-refractivity contribution in [1.29, 1.82) is 0 Å². The maximum Gasteiger partial charge on any atom is 0.287 e. The molecule has 1 saturated carbocycles. The van der Waals surface area contributed by atoms with Crippen molar-refractivity contribution in [2.24, 2.45) is 0 Å². The Bertz CT molecular complexity index is 926. The Balaban J connectivity index is 1.35. The Hall–Kier alpha value is -2.51. The first-order chi connectivity index (χ1) is 14.6. The van der Waals surface area contributed by atoms with Gasteiger partial charge in [0.15, 0.2) is 17.3 Å². The van der Waals surface area contributed by atoms with Crippen LogP contribution in [0.15, 0.2) is 28.7 Å². The summed E-state index contributed by atoms with van der Waals surface area (Å²) in [7, 11) is 0. The van der Waals surface area contributed by atoms with Gasteiger partial charge in [-0.1, -0.05) is 18.9 Å². The van der Waals surface area contributed by atoms with E-state index in [1.165, 1.54) is 0 Å². The molecule has 3 aliphatic rings. The SMILES string of the molecule is Cc1cc(CN2CCOCC2)oc1C(=O)NC1(c2ccc3c(c2)OCO3)CCCC1. The summed E-state index contributed by atoms with van der Waals surface area (Å²) in [6, 6.07) is 7.96. The van der Waals surface area contributed by atoms with Gasteiger partial charge in [-0.05, 0) is 43.5 Å². The van der Waals surface area contributed by atoms with Gasteiger partial charge in [-0.3, -0.25) is 9.69 Å². The molecule has 1 aliphatic carbocycles. The highest BCUT2D eigenvalue weighted by atomic mass is 16.7. The number of benzene rings is 1. The summed E-state index contributed by atoms with van der Waals surface area (Å²) in [5, 5.41) is 3.31. The number of hydrogen-bond donors (Lipinski definition) is 1.